The van der Waals surface area contributed by atoms with E-state index >= 15 is 0 Å². The van der Waals surface area contributed by atoms with Gasteiger partial charge in [-0.3, -0.25) is 4.21 Å². The molecule has 1 rings (SSSR count). The van der Waals surface area contributed by atoms with Crippen LogP contribution in [-0.4, -0.2) is 22.3 Å². The minimum atomic E-state index is -0.751. The van der Waals surface area contributed by atoms with Gasteiger partial charge in [0.1, 0.15) is 0 Å². The average molecular weight is 261 g/mol. The molecule has 2 unspecified atom stereocenters. The predicted molar refractivity (Wildman–Crippen MR) is 72.5 cm³/mol. The maximum Gasteiger partial charge on any atom is 0.0739 e. The van der Waals surface area contributed by atoms with Crippen LogP contribution in [0.3, 0.4) is 0 Å². The topological polar surface area (TPSA) is 55.1 Å². The molecule has 0 fully saturated rings. The zero-order valence-electron chi connectivity index (χ0n) is 9.50. The first-order valence-electron chi connectivity index (χ1n) is 5.11. The summed E-state index contributed by atoms with van der Waals surface area (Å²) in [5.74, 6) is 0.689. The van der Waals surface area contributed by atoms with Crippen molar-refractivity contribution in [2.75, 3.05) is 23.1 Å². The first kappa shape index (κ1) is 13.3. The van der Waals surface area contributed by atoms with Crippen LogP contribution in [0.2, 0.25) is 5.02 Å². The van der Waals surface area contributed by atoms with Crippen molar-refractivity contribution in [1.82, 2.24) is 0 Å². The highest BCUT2D eigenvalue weighted by Crippen LogP contribution is 2.27. The number of hydrogen-bond acceptors (Lipinski definition) is 3. The van der Waals surface area contributed by atoms with Gasteiger partial charge in [-0.1, -0.05) is 17.7 Å². The second-order valence-electron chi connectivity index (χ2n) is 3.81. The molecule has 2 atom stereocenters. The molecule has 5 heteroatoms. The fourth-order valence-electron chi connectivity index (χ4n) is 1.34. The lowest BCUT2D eigenvalue weighted by molar-refractivity contribution is 0.678. The van der Waals surface area contributed by atoms with Crippen molar-refractivity contribution in [3.8, 4) is 0 Å². The van der Waals surface area contributed by atoms with Gasteiger partial charge in [0, 0.05) is 28.9 Å². The molecule has 1 aromatic rings. The molecule has 0 bridgehead atoms. The molecule has 0 radical (unpaired) electrons. The molecule has 0 spiro atoms. The number of nitrogen functional groups attached to an aromatic ring is 1. The largest absolute Gasteiger partial charge is 0.396 e. The number of nitrogens with two attached hydrogens (primary N) is 1. The monoisotopic (exact) mass is 260 g/mol. The zero-order chi connectivity index (χ0) is 12.1. The first-order valence-corrected chi connectivity index (χ1v) is 7.21. The van der Waals surface area contributed by atoms with Gasteiger partial charge in [0.15, 0.2) is 0 Å². The molecule has 0 aliphatic carbocycles. The Balaban J connectivity index is 2.59. The minimum absolute atomic E-state index is 0.227. The van der Waals surface area contributed by atoms with E-state index in [4.69, 9.17) is 17.3 Å². The Morgan fingerprint density at radius 2 is 2.25 bits per heavy atom. The summed E-state index contributed by atoms with van der Waals surface area (Å²) in [5.41, 5.74) is 7.23. The average Bonchev–Trinajstić information content (AvgIpc) is 2.22. The third-order valence-electron chi connectivity index (χ3n) is 2.29. The van der Waals surface area contributed by atoms with E-state index in [2.05, 4.69) is 5.32 Å². The predicted octanol–water partition coefficient (Wildman–Crippen LogP) is 2.49. The maximum atomic E-state index is 11.0. The van der Waals surface area contributed by atoms with Crippen LogP contribution < -0.4 is 11.1 Å². The maximum absolute atomic E-state index is 11.0. The molecule has 0 saturated heterocycles. The summed E-state index contributed by atoms with van der Waals surface area (Å²) in [6.07, 6.45) is 2.55. The Kier molecular flexibility index (Phi) is 5.09. The first-order chi connectivity index (χ1) is 7.50. The fraction of sp³-hybridized carbons (Fsp3) is 0.455. The summed E-state index contributed by atoms with van der Waals surface area (Å²) in [6, 6.07) is 5.73. The van der Waals surface area contributed by atoms with E-state index in [1.807, 2.05) is 19.1 Å². The van der Waals surface area contributed by atoms with E-state index in [1.54, 1.807) is 12.3 Å². The lowest BCUT2D eigenvalue weighted by atomic mass is 10.2. The van der Waals surface area contributed by atoms with Crippen molar-refractivity contribution in [3.63, 3.8) is 0 Å². The molecule has 0 amide bonds. The summed E-state index contributed by atoms with van der Waals surface area (Å²) < 4.78 is 11.0. The number of nitrogens with one attached hydrogen (secondary N) is 1. The number of benzene rings is 1. The second kappa shape index (κ2) is 6.11. The third-order valence-corrected chi connectivity index (χ3v) is 3.43. The highest BCUT2D eigenvalue weighted by Gasteiger charge is 2.07. The lowest BCUT2D eigenvalue weighted by Crippen LogP contribution is -2.18. The van der Waals surface area contributed by atoms with Gasteiger partial charge in [0.2, 0.25) is 0 Å². The van der Waals surface area contributed by atoms with Crippen LogP contribution in [0.1, 0.15) is 13.3 Å². The lowest BCUT2D eigenvalue weighted by Gasteiger charge is -2.16. The Hall–Kier alpha value is -0.740. The van der Waals surface area contributed by atoms with E-state index < -0.39 is 10.8 Å². The van der Waals surface area contributed by atoms with Crippen LogP contribution in [0.25, 0.3) is 0 Å². The summed E-state index contributed by atoms with van der Waals surface area (Å²) in [4.78, 5) is 0. The van der Waals surface area contributed by atoms with Gasteiger partial charge in [0.05, 0.1) is 16.4 Å². The molecule has 0 aromatic heterocycles. The normalized spacial score (nSPS) is 14.4. The molecule has 0 aliphatic rings. The Morgan fingerprint density at radius 3 is 2.88 bits per heavy atom. The van der Waals surface area contributed by atoms with Crippen molar-refractivity contribution < 1.29 is 4.21 Å². The Morgan fingerprint density at radius 1 is 1.56 bits per heavy atom. The summed E-state index contributed by atoms with van der Waals surface area (Å²) >= 11 is 5.91. The van der Waals surface area contributed by atoms with Gasteiger partial charge in [-0.25, -0.2) is 0 Å². The molecule has 1 aromatic carbocycles. The molecule has 16 heavy (non-hydrogen) atoms. The van der Waals surface area contributed by atoms with Crippen LogP contribution >= 0.6 is 11.6 Å². The summed E-state index contributed by atoms with van der Waals surface area (Å²) in [7, 11) is -0.751. The van der Waals surface area contributed by atoms with Gasteiger partial charge < -0.3 is 11.1 Å². The Bertz CT molecular complexity index is 384. The van der Waals surface area contributed by atoms with Gasteiger partial charge >= 0.3 is 0 Å². The standard InChI is InChI=1S/C11H17ClN2OS/c1-8(6-7-16(2)15)14-10-5-3-4-9(12)11(10)13/h3-5,8,14H,6-7,13H2,1-2H3. The van der Waals surface area contributed by atoms with Gasteiger partial charge in [-0.15, -0.1) is 0 Å². The summed E-state index contributed by atoms with van der Waals surface area (Å²) in [6.45, 7) is 2.03. The second-order valence-corrected chi connectivity index (χ2v) is 5.77. The highest BCUT2D eigenvalue weighted by atomic mass is 35.5. The molecule has 0 saturated carbocycles. The highest BCUT2D eigenvalue weighted by molar-refractivity contribution is 7.84. The van der Waals surface area contributed by atoms with Crippen molar-refractivity contribution in [3.05, 3.63) is 23.2 Å². The van der Waals surface area contributed by atoms with Gasteiger partial charge in [-0.05, 0) is 25.5 Å². The number of rotatable bonds is 5. The van der Waals surface area contributed by atoms with Crippen LogP contribution in [0.15, 0.2) is 18.2 Å². The van der Waals surface area contributed by atoms with E-state index in [-0.39, 0.29) is 6.04 Å². The molecular formula is C11H17ClN2OS. The van der Waals surface area contributed by atoms with Crippen LogP contribution in [0.4, 0.5) is 11.4 Å². The van der Waals surface area contributed by atoms with Gasteiger partial charge in [-0.2, -0.15) is 0 Å². The van der Waals surface area contributed by atoms with Crippen LogP contribution in [0.5, 0.6) is 0 Å². The van der Waals surface area contributed by atoms with Crippen molar-refractivity contribution in [2.24, 2.45) is 0 Å². The number of para-hydroxylation sites is 1. The van der Waals surface area contributed by atoms with Crippen molar-refractivity contribution in [2.45, 2.75) is 19.4 Å². The van der Waals surface area contributed by atoms with Crippen molar-refractivity contribution >= 4 is 33.8 Å². The molecule has 0 heterocycles. The molecule has 3 N–H and O–H groups in total. The molecular weight excluding hydrogens is 244 g/mol. The van der Waals surface area contributed by atoms with E-state index in [0.29, 0.717) is 16.5 Å². The van der Waals surface area contributed by atoms with Gasteiger partial charge in [0.25, 0.3) is 0 Å². The van der Waals surface area contributed by atoms with E-state index in [1.165, 1.54) is 0 Å². The Labute approximate surface area is 104 Å². The van der Waals surface area contributed by atoms with Crippen molar-refractivity contribution in [1.29, 1.82) is 0 Å². The molecule has 0 aliphatic heterocycles. The number of halogens is 1. The minimum Gasteiger partial charge on any atom is -0.396 e. The smallest absolute Gasteiger partial charge is 0.0739 e. The quantitative estimate of drug-likeness (QED) is 0.800. The van der Waals surface area contributed by atoms with Crippen LogP contribution in [-0.2, 0) is 10.8 Å². The SMILES string of the molecule is CC(CCS(C)=O)Nc1cccc(Cl)c1N. The molecule has 90 valence electrons. The van der Waals surface area contributed by atoms with E-state index in [0.717, 1.165) is 12.1 Å². The fourth-order valence-corrected chi connectivity index (χ4v) is 2.20. The zero-order valence-corrected chi connectivity index (χ0v) is 11.1. The summed E-state index contributed by atoms with van der Waals surface area (Å²) in [5, 5.41) is 3.81. The number of anilines is 2. The molecule has 3 nitrogen and oxygen atoms in total. The third kappa shape index (κ3) is 4.02. The number of hydrogen-bond donors (Lipinski definition) is 2. The van der Waals surface area contributed by atoms with E-state index in [9.17, 15) is 4.21 Å². The van der Waals surface area contributed by atoms with Crippen LogP contribution in [0, 0.1) is 0 Å².